The third kappa shape index (κ3) is 4.76. The Bertz CT molecular complexity index is 1100. The number of amides is 1. The van der Waals surface area contributed by atoms with Crippen LogP contribution < -0.4 is 10.9 Å². The number of hydrogen-bond acceptors (Lipinski definition) is 4. The van der Waals surface area contributed by atoms with Gasteiger partial charge >= 0.3 is 0 Å². The van der Waals surface area contributed by atoms with Gasteiger partial charge < -0.3 is 9.88 Å². The summed E-state index contributed by atoms with van der Waals surface area (Å²) in [6, 6.07) is 16.6. The highest BCUT2D eigenvalue weighted by atomic mass is 16.6. The molecule has 0 unspecified atom stereocenters. The van der Waals surface area contributed by atoms with Crippen molar-refractivity contribution >= 4 is 17.3 Å². The molecule has 1 aromatic heterocycles. The number of aromatic nitrogens is 1. The van der Waals surface area contributed by atoms with Gasteiger partial charge in [0.25, 0.3) is 17.2 Å². The monoisotopic (exact) mass is 391 g/mol. The van der Waals surface area contributed by atoms with Gasteiger partial charge in [-0.2, -0.15) is 0 Å². The highest BCUT2D eigenvalue weighted by Crippen LogP contribution is 2.17. The highest BCUT2D eigenvalue weighted by Gasteiger charge is 2.14. The highest BCUT2D eigenvalue weighted by molar-refractivity contribution is 6.03. The maximum atomic E-state index is 12.7. The van der Waals surface area contributed by atoms with E-state index in [1.165, 1.54) is 22.8 Å². The van der Waals surface area contributed by atoms with Gasteiger partial charge in [-0.3, -0.25) is 19.7 Å². The molecule has 7 nitrogen and oxygen atoms in total. The van der Waals surface area contributed by atoms with E-state index in [4.69, 9.17) is 0 Å². The second-order valence-electron chi connectivity index (χ2n) is 7.01. The zero-order valence-electron chi connectivity index (χ0n) is 16.2. The number of carbonyl (C=O) groups is 1. The van der Waals surface area contributed by atoms with Crippen molar-refractivity contribution in [2.75, 3.05) is 5.32 Å². The number of rotatable bonds is 6. The lowest BCUT2D eigenvalue weighted by atomic mass is 10.0. The normalized spacial score (nSPS) is 10.7. The van der Waals surface area contributed by atoms with Crippen LogP contribution in [0, 0.1) is 10.1 Å². The Morgan fingerprint density at radius 3 is 2.48 bits per heavy atom. The van der Waals surface area contributed by atoms with E-state index in [9.17, 15) is 19.7 Å². The molecule has 0 radical (unpaired) electrons. The second-order valence-corrected chi connectivity index (χ2v) is 7.01. The summed E-state index contributed by atoms with van der Waals surface area (Å²) in [6.07, 6.45) is 1.55. The van der Waals surface area contributed by atoms with Crippen molar-refractivity contribution in [1.82, 2.24) is 4.57 Å². The van der Waals surface area contributed by atoms with Crippen LogP contribution in [0.2, 0.25) is 0 Å². The number of benzene rings is 2. The second kappa shape index (κ2) is 8.52. The van der Waals surface area contributed by atoms with Crippen LogP contribution in [0.3, 0.4) is 0 Å². The van der Waals surface area contributed by atoms with Gasteiger partial charge in [0.1, 0.15) is 5.56 Å². The third-order valence-corrected chi connectivity index (χ3v) is 4.57. The van der Waals surface area contributed by atoms with E-state index < -0.39 is 16.4 Å². The van der Waals surface area contributed by atoms with Crippen LogP contribution in [-0.4, -0.2) is 15.4 Å². The van der Waals surface area contributed by atoms with Crippen molar-refractivity contribution in [3.05, 3.63) is 104 Å². The number of nitro benzene ring substituents is 1. The lowest BCUT2D eigenvalue weighted by Gasteiger charge is -2.10. The molecule has 1 amide bonds. The van der Waals surface area contributed by atoms with Crippen LogP contribution in [0.15, 0.2) is 71.7 Å². The summed E-state index contributed by atoms with van der Waals surface area (Å²) in [4.78, 5) is 35.8. The average Bonchev–Trinajstić information content (AvgIpc) is 2.70. The molecule has 0 spiro atoms. The van der Waals surface area contributed by atoms with Crippen molar-refractivity contribution in [2.24, 2.45) is 0 Å². The van der Waals surface area contributed by atoms with E-state index in [1.807, 2.05) is 12.1 Å². The fraction of sp³-hybridized carbons (Fsp3) is 0.182. The van der Waals surface area contributed by atoms with Crippen molar-refractivity contribution in [2.45, 2.75) is 26.3 Å². The smallest absolute Gasteiger partial charge is 0.269 e. The predicted molar refractivity (Wildman–Crippen MR) is 111 cm³/mol. The van der Waals surface area contributed by atoms with Gasteiger partial charge in [0, 0.05) is 24.0 Å². The summed E-state index contributed by atoms with van der Waals surface area (Å²) in [6.45, 7) is 4.30. The standard InChI is InChI=1S/C22H21N3O4/c1-15(2)17-8-10-18(11-9-17)23-21(26)20-7-4-12-24(22(20)27)14-16-5-3-6-19(13-16)25(28)29/h3-13,15H,14H2,1-2H3,(H,23,26). The summed E-state index contributed by atoms with van der Waals surface area (Å²) < 4.78 is 1.36. The first-order valence-electron chi connectivity index (χ1n) is 9.19. The summed E-state index contributed by atoms with van der Waals surface area (Å²) in [7, 11) is 0. The summed E-state index contributed by atoms with van der Waals surface area (Å²) in [5, 5.41) is 13.7. The number of anilines is 1. The first kappa shape index (κ1) is 20.0. The molecule has 3 aromatic rings. The first-order valence-corrected chi connectivity index (χ1v) is 9.19. The molecule has 0 bridgehead atoms. The van der Waals surface area contributed by atoms with Gasteiger partial charge in [0.15, 0.2) is 0 Å². The largest absolute Gasteiger partial charge is 0.322 e. The number of nitrogens with one attached hydrogen (secondary N) is 1. The Labute approximate surface area is 167 Å². The molecule has 0 atom stereocenters. The van der Waals surface area contributed by atoms with Gasteiger partial charge in [-0.25, -0.2) is 0 Å². The van der Waals surface area contributed by atoms with Crippen LogP contribution in [0.1, 0.15) is 41.3 Å². The molecule has 2 aromatic carbocycles. The van der Waals surface area contributed by atoms with E-state index in [0.717, 1.165) is 5.56 Å². The van der Waals surface area contributed by atoms with Crippen molar-refractivity contribution < 1.29 is 9.72 Å². The SMILES string of the molecule is CC(C)c1ccc(NC(=O)c2cccn(Cc3cccc([N+](=O)[O-])c3)c2=O)cc1. The molecule has 0 aliphatic rings. The first-order chi connectivity index (χ1) is 13.8. The minimum Gasteiger partial charge on any atom is -0.322 e. The van der Waals surface area contributed by atoms with Crippen LogP contribution >= 0.6 is 0 Å². The molecule has 0 saturated carbocycles. The number of hydrogen-bond donors (Lipinski definition) is 1. The van der Waals surface area contributed by atoms with E-state index in [-0.39, 0.29) is 17.8 Å². The quantitative estimate of drug-likeness (QED) is 0.504. The Kier molecular flexibility index (Phi) is 5.87. The van der Waals surface area contributed by atoms with Crippen LogP contribution in [0.5, 0.6) is 0 Å². The number of carbonyl (C=O) groups excluding carboxylic acids is 1. The third-order valence-electron chi connectivity index (χ3n) is 4.57. The molecule has 0 aliphatic carbocycles. The Morgan fingerprint density at radius 1 is 1.10 bits per heavy atom. The molecular formula is C22H21N3O4. The van der Waals surface area contributed by atoms with Crippen molar-refractivity contribution in [3.63, 3.8) is 0 Å². The molecule has 7 heteroatoms. The molecular weight excluding hydrogens is 370 g/mol. The fourth-order valence-electron chi connectivity index (χ4n) is 2.95. The molecule has 29 heavy (non-hydrogen) atoms. The summed E-state index contributed by atoms with van der Waals surface area (Å²) >= 11 is 0. The number of non-ortho nitro benzene ring substituents is 1. The summed E-state index contributed by atoms with van der Waals surface area (Å²) in [5.41, 5.74) is 1.86. The maximum Gasteiger partial charge on any atom is 0.269 e. The van der Waals surface area contributed by atoms with Crippen LogP contribution in [-0.2, 0) is 6.54 Å². The molecule has 3 rings (SSSR count). The topological polar surface area (TPSA) is 94.2 Å². The zero-order valence-corrected chi connectivity index (χ0v) is 16.2. The van der Waals surface area contributed by atoms with Gasteiger partial charge in [-0.15, -0.1) is 0 Å². The lowest BCUT2D eigenvalue weighted by molar-refractivity contribution is -0.384. The van der Waals surface area contributed by atoms with E-state index in [1.54, 1.807) is 36.5 Å². The summed E-state index contributed by atoms with van der Waals surface area (Å²) in [5.74, 6) is -0.115. The predicted octanol–water partition coefficient (Wildman–Crippen LogP) is 4.18. The van der Waals surface area contributed by atoms with E-state index in [2.05, 4.69) is 19.2 Å². The maximum absolute atomic E-state index is 12.7. The number of nitro groups is 1. The van der Waals surface area contributed by atoms with Gasteiger partial charge in [0.05, 0.1) is 11.5 Å². The number of pyridine rings is 1. The molecule has 0 saturated heterocycles. The fourth-order valence-corrected chi connectivity index (χ4v) is 2.95. The van der Waals surface area contributed by atoms with E-state index in [0.29, 0.717) is 17.2 Å². The minimum atomic E-state index is -0.499. The molecule has 0 fully saturated rings. The zero-order chi connectivity index (χ0) is 21.0. The van der Waals surface area contributed by atoms with Crippen LogP contribution in [0.4, 0.5) is 11.4 Å². The molecule has 0 aliphatic heterocycles. The minimum absolute atomic E-state index is 0.00543. The molecule has 1 heterocycles. The van der Waals surface area contributed by atoms with Gasteiger partial charge in [-0.1, -0.05) is 38.1 Å². The van der Waals surface area contributed by atoms with Crippen LogP contribution in [0.25, 0.3) is 0 Å². The Balaban J connectivity index is 1.81. The van der Waals surface area contributed by atoms with Crippen molar-refractivity contribution in [1.29, 1.82) is 0 Å². The molecule has 1 N–H and O–H groups in total. The van der Waals surface area contributed by atoms with Gasteiger partial charge in [0.2, 0.25) is 0 Å². The lowest BCUT2D eigenvalue weighted by Crippen LogP contribution is -2.29. The Morgan fingerprint density at radius 2 is 1.83 bits per heavy atom. The Hall–Kier alpha value is -3.74. The van der Waals surface area contributed by atoms with E-state index >= 15 is 0 Å². The van der Waals surface area contributed by atoms with Gasteiger partial charge in [-0.05, 0) is 41.3 Å². The molecule has 148 valence electrons. The average molecular weight is 391 g/mol. The van der Waals surface area contributed by atoms with Crippen molar-refractivity contribution in [3.8, 4) is 0 Å². The number of nitrogens with zero attached hydrogens (tertiary/aromatic N) is 2.